The molecule has 0 radical (unpaired) electrons. The quantitative estimate of drug-likeness (QED) is 0.580. The van der Waals surface area contributed by atoms with E-state index in [1.165, 1.54) is 12.1 Å². The van der Waals surface area contributed by atoms with Gasteiger partial charge >= 0.3 is 5.63 Å². The molecule has 6 nitrogen and oxygen atoms in total. The summed E-state index contributed by atoms with van der Waals surface area (Å²) in [5.74, 6) is 0.697. The van der Waals surface area contributed by atoms with Gasteiger partial charge in [-0.2, -0.15) is 4.98 Å². The second-order valence-corrected chi connectivity index (χ2v) is 5.38. The van der Waals surface area contributed by atoms with Crippen molar-refractivity contribution in [3.63, 3.8) is 0 Å². The van der Waals surface area contributed by atoms with E-state index in [9.17, 15) is 4.79 Å². The smallest absolute Gasteiger partial charge is 0.336 e. The zero-order chi connectivity index (χ0) is 16.4. The molecule has 0 aliphatic rings. The summed E-state index contributed by atoms with van der Waals surface area (Å²) >= 11 is 5.82. The maximum atomic E-state index is 11.7. The third-order valence-corrected chi connectivity index (χ3v) is 3.43. The van der Waals surface area contributed by atoms with Gasteiger partial charge in [0.1, 0.15) is 16.5 Å². The molecule has 2 N–H and O–H groups in total. The molecule has 1 aromatic carbocycles. The third kappa shape index (κ3) is 3.43. The van der Waals surface area contributed by atoms with Crippen LogP contribution < -0.4 is 16.1 Å². The first-order valence-corrected chi connectivity index (χ1v) is 7.47. The highest BCUT2D eigenvalue weighted by atomic mass is 35.5. The summed E-state index contributed by atoms with van der Waals surface area (Å²) in [7, 11) is 0. The van der Waals surface area contributed by atoms with Gasteiger partial charge in [-0.05, 0) is 24.1 Å². The standard InChI is InChI=1S/C16H14ClN3O3/c1-2-3-9-6-15(21)23-12-7-10(4-5-11(9)12)22-14-8-13(17)19-16(18)20-14/h4-8H,2-3H2,1H3,(H2,18,19,20). The van der Waals surface area contributed by atoms with Crippen LogP contribution in [-0.2, 0) is 6.42 Å². The Morgan fingerprint density at radius 3 is 2.83 bits per heavy atom. The number of aromatic nitrogens is 2. The van der Waals surface area contributed by atoms with Crippen molar-refractivity contribution < 1.29 is 9.15 Å². The maximum Gasteiger partial charge on any atom is 0.336 e. The molecule has 0 bridgehead atoms. The van der Waals surface area contributed by atoms with Gasteiger partial charge in [-0.1, -0.05) is 24.9 Å². The van der Waals surface area contributed by atoms with Crippen molar-refractivity contribution in [3.05, 3.63) is 51.5 Å². The van der Waals surface area contributed by atoms with Crippen LogP contribution in [0.1, 0.15) is 18.9 Å². The lowest BCUT2D eigenvalue weighted by Gasteiger charge is -2.08. The summed E-state index contributed by atoms with van der Waals surface area (Å²) < 4.78 is 10.9. The van der Waals surface area contributed by atoms with E-state index >= 15 is 0 Å². The number of benzene rings is 1. The van der Waals surface area contributed by atoms with E-state index in [4.69, 9.17) is 26.5 Å². The molecule has 2 aromatic heterocycles. The summed E-state index contributed by atoms with van der Waals surface area (Å²) in [5, 5.41) is 1.07. The van der Waals surface area contributed by atoms with Gasteiger partial charge in [0.05, 0.1) is 0 Å². The van der Waals surface area contributed by atoms with E-state index < -0.39 is 0 Å². The molecule has 0 amide bonds. The van der Waals surface area contributed by atoms with Crippen molar-refractivity contribution in [1.29, 1.82) is 0 Å². The van der Waals surface area contributed by atoms with E-state index in [1.54, 1.807) is 12.1 Å². The Labute approximate surface area is 136 Å². The normalized spacial score (nSPS) is 10.9. The summed E-state index contributed by atoms with van der Waals surface area (Å²) in [5.41, 5.74) is 6.57. The van der Waals surface area contributed by atoms with Gasteiger partial charge in [0.2, 0.25) is 11.8 Å². The maximum absolute atomic E-state index is 11.7. The van der Waals surface area contributed by atoms with Crippen molar-refractivity contribution in [2.45, 2.75) is 19.8 Å². The number of hydrogen-bond donors (Lipinski definition) is 1. The lowest BCUT2D eigenvalue weighted by molar-refractivity contribution is 0.461. The number of halogens is 1. The molecule has 2 heterocycles. The topological polar surface area (TPSA) is 91.2 Å². The van der Waals surface area contributed by atoms with Crippen LogP contribution in [0.2, 0.25) is 5.15 Å². The highest BCUT2D eigenvalue weighted by Crippen LogP contribution is 2.27. The number of rotatable bonds is 4. The molecular weight excluding hydrogens is 318 g/mol. The first-order chi connectivity index (χ1) is 11.0. The molecule has 0 aliphatic heterocycles. The second-order valence-electron chi connectivity index (χ2n) is 4.99. The van der Waals surface area contributed by atoms with Crippen LogP contribution in [-0.4, -0.2) is 9.97 Å². The van der Waals surface area contributed by atoms with E-state index in [2.05, 4.69) is 16.9 Å². The predicted octanol–water partition coefficient (Wildman–Crippen LogP) is 3.56. The molecule has 0 unspecified atom stereocenters. The second kappa shape index (κ2) is 6.26. The van der Waals surface area contributed by atoms with Crippen molar-refractivity contribution in [2.24, 2.45) is 0 Å². The molecule has 0 aliphatic carbocycles. The van der Waals surface area contributed by atoms with Gasteiger partial charge in [-0.15, -0.1) is 0 Å². The van der Waals surface area contributed by atoms with Gasteiger partial charge in [-0.25, -0.2) is 9.78 Å². The minimum absolute atomic E-state index is 0.0186. The molecule has 0 saturated carbocycles. The van der Waals surface area contributed by atoms with E-state index in [1.807, 2.05) is 6.07 Å². The van der Waals surface area contributed by atoms with Crippen molar-refractivity contribution in [3.8, 4) is 11.6 Å². The average Bonchev–Trinajstić information content (AvgIpc) is 2.45. The van der Waals surface area contributed by atoms with Crippen LogP contribution in [0.4, 0.5) is 5.95 Å². The number of hydrogen-bond acceptors (Lipinski definition) is 6. The zero-order valence-corrected chi connectivity index (χ0v) is 13.1. The number of ether oxygens (including phenoxy) is 1. The summed E-state index contributed by atoms with van der Waals surface area (Å²) in [4.78, 5) is 19.4. The summed E-state index contributed by atoms with van der Waals surface area (Å²) in [6, 6.07) is 8.24. The van der Waals surface area contributed by atoms with E-state index in [-0.39, 0.29) is 22.6 Å². The predicted molar refractivity (Wildman–Crippen MR) is 88.0 cm³/mol. The molecule has 23 heavy (non-hydrogen) atoms. The van der Waals surface area contributed by atoms with Gasteiger partial charge < -0.3 is 14.9 Å². The fourth-order valence-electron chi connectivity index (χ4n) is 2.34. The highest BCUT2D eigenvalue weighted by molar-refractivity contribution is 6.29. The Kier molecular flexibility index (Phi) is 4.16. The largest absolute Gasteiger partial charge is 0.439 e. The minimum Gasteiger partial charge on any atom is -0.439 e. The van der Waals surface area contributed by atoms with Crippen LogP contribution in [0.25, 0.3) is 11.0 Å². The van der Waals surface area contributed by atoms with Gasteiger partial charge in [-0.3, -0.25) is 0 Å². The molecule has 118 valence electrons. The first-order valence-electron chi connectivity index (χ1n) is 7.10. The fraction of sp³-hybridized carbons (Fsp3) is 0.188. The van der Waals surface area contributed by atoms with Gasteiger partial charge in [0.15, 0.2) is 0 Å². The minimum atomic E-state index is -0.382. The van der Waals surface area contributed by atoms with Crippen molar-refractivity contribution >= 4 is 28.5 Å². The molecule has 0 fully saturated rings. The Bertz CT molecular complexity index is 904. The molecule has 3 rings (SSSR count). The Balaban J connectivity index is 2.01. The van der Waals surface area contributed by atoms with Crippen LogP contribution in [0.15, 0.2) is 39.5 Å². The molecule has 0 saturated heterocycles. The molecular formula is C16H14ClN3O3. The fourth-order valence-corrected chi connectivity index (χ4v) is 2.52. The molecule has 0 atom stereocenters. The number of nitrogens with zero attached hydrogens (tertiary/aromatic N) is 2. The number of anilines is 1. The van der Waals surface area contributed by atoms with Crippen LogP contribution in [0.3, 0.4) is 0 Å². The van der Waals surface area contributed by atoms with Crippen molar-refractivity contribution in [2.75, 3.05) is 5.73 Å². The summed E-state index contributed by atoms with van der Waals surface area (Å²) in [6.07, 6.45) is 1.75. The van der Waals surface area contributed by atoms with E-state index in [0.29, 0.717) is 11.3 Å². The van der Waals surface area contributed by atoms with E-state index in [0.717, 1.165) is 23.8 Å². The third-order valence-electron chi connectivity index (χ3n) is 3.23. The number of nitrogens with two attached hydrogens (primary N) is 1. The highest BCUT2D eigenvalue weighted by Gasteiger charge is 2.08. The van der Waals surface area contributed by atoms with Gasteiger partial charge in [0.25, 0.3) is 0 Å². The average molecular weight is 332 g/mol. The molecule has 3 aromatic rings. The Morgan fingerprint density at radius 1 is 1.26 bits per heavy atom. The van der Waals surface area contributed by atoms with Crippen molar-refractivity contribution in [1.82, 2.24) is 9.97 Å². The van der Waals surface area contributed by atoms with Crippen LogP contribution in [0.5, 0.6) is 11.6 Å². The lowest BCUT2D eigenvalue weighted by atomic mass is 10.1. The Hall–Kier alpha value is -2.60. The first kappa shape index (κ1) is 15.3. The number of aryl methyl sites for hydroxylation is 1. The summed E-state index contributed by atoms with van der Waals surface area (Å²) in [6.45, 7) is 2.06. The lowest BCUT2D eigenvalue weighted by Crippen LogP contribution is -2.01. The Morgan fingerprint density at radius 2 is 2.09 bits per heavy atom. The number of nitrogen functional groups attached to an aromatic ring is 1. The SMILES string of the molecule is CCCc1cc(=O)oc2cc(Oc3cc(Cl)nc(N)n3)ccc12. The molecule has 0 spiro atoms. The molecule has 7 heteroatoms. The van der Waals surface area contributed by atoms with Crippen LogP contribution >= 0.6 is 11.6 Å². The monoisotopic (exact) mass is 331 g/mol. The number of fused-ring (bicyclic) bond motifs is 1. The van der Waals surface area contributed by atoms with Crippen LogP contribution in [0, 0.1) is 0 Å². The zero-order valence-electron chi connectivity index (χ0n) is 12.4. The van der Waals surface area contributed by atoms with Gasteiger partial charge in [0, 0.05) is 23.6 Å².